The maximum atomic E-state index is 4.30. The van der Waals surface area contributed by atoms with Crippen molar-refractivity contribution < 1.29 is 0 Å². The van der Waals surface area contributed by atoms with Gasteiger partial charge >= 0.3 is 0 Å². The monoisotopic (exact) mass is 310 g/mol. The number of nitrogens with zero attached hydrogens (tertiary/aromatic N) is 2. The molecule has 0 N–H and O–H groups in total. The molecular formula is C13H15BrN2S. The van der Waals surface area contributed by atoms with Gasteiger partial charge in [-0.05, 0) is 12.0 Å². The summed E-state index contributed by atoms with van der Waals surface area (Å²) >= 11 is 5.31. The van der Waals surface area contributed by atoms with Crippen LogP contribution in [0.15, 0.2) is 30.3 Å². The number of hydrogen-bond donors (Lipinski definition) is 0. The van der Waals surface area contributed by atoms with Crippen molar-refractivity contribution in [3.05, 3.63) is 45.9 Å². The largest absolute Gasteiger partial charge is 0.143 e. The minimum absolute atomic E-state index is 0.319. The molecule has 1 heterocycles. The Hall–Kier alpha value is -0.740. The summed E-state index contributed by atoms with van der Waals surface area (Å²) in [7, 11) is 0. The van der Waals surface area contributed by atoms with Crippen molar-refractivity contribution in [1.29, 1.82) is 0 Å². The second-order valence-electron chi connectivity index (χ2n) is 3.99. The minimum atomic E-state index is 0.319. The molecule has 1 aromatic carbocycles. The molecule has 0 saturated carbocycles. The lowest BCUT2D eigenvalue weighted by molar-refractivity contribution is 0.833. The highest BCUT2D eigenvalue weighted by atomic mass is 79.9. The van der Waals surface area contributed by atoms with Crippen molar-refractivity contribution in [2.75, 3.05) is 0 Å². The first-order valence-corrected chi connectivity index (χ1v) is 7.48. The first kappa shape index (κ1) is 12.7. The third kappa shape index (κ3) is 2.93. The number of benzene rings is 1. The van der Waals surface area contributed by atoms with Crippen molar-refractivity contribution in [2.24, 2.45) is 0 Å². The molecule has 90 valence electrons. The molecule has 0 fully saturated rings. The van der Waals surface area contributed by atoms with Gasteiger partial charge in [-0.2, -0.15) is 0 Å². The van der Waals surface area contributed by atoms with Crippen LogP contribution in [0.5, 0.6) is 0 Å². The predicted molar refractivity (Wildman–Crippen MR) is 75.8 cm³/mol. The topological polar surface area (TPSA) is 25.8 Å². The van der Waals surface area contributed by atoms with Crippen molar-refractivity contribution in [1.82, 2.24) is 10.2 Å². The molecule has 0 saturated heterocycles. The number of alkyl halides is 1. The average molecular weight is 311 g/mol. The summed E-state index contributed by atoms with van der Waals surface area (Å²) in [6.45, 7) is 4.32. The van der Waals surface area contributed by atoms with Crippen LogP contribution in [0.2, 0.25) is 0 Å². The summed E-state index contributed by atoms with van der Waals surface area (Å²) in [5.41, 5.74) is 1.29. The highest BCUT2D eigenvalue weighted by Crippen LogP contribution is 2.33. The first-order chi connectivity index (χ1) is 8.22. The number of rotatable bonds is 4. The fourth-order valence-electron chi connectivity index (χ4n) is 1.61. The van der Waals surface area contributed by atoms with Gasteiger partial charge in [-0.15, -0.1) is 10.2 Å². The quantitative estimate of drug-likeness (QED) is 0.775. The van der Waals surface area contributed by atoms with Crippen LogP contribution in [-0.4, -0.2) is 10.2 Å². The Morgan fingerprint density at radius 1 is 1.18 bits per heavy atom. The van der Waals surface area contributed by atoms with Crippen LogP contribution in [0, 0.1) is 0 Å². The van der Waals surface area contributed by atoms with E-state index in [0.29, 0.717) is 10.7 Å². The number of hydrogen-bond acceptors (Lipinski definition) is 3. The molecule has 0 radical (unpaired) electrons. The van der Waals surface area contributed by atoms with Crippen molar-refractivity contribution >= 4 is 27.3 Å². The van der Waals surface area contributed by atoms with Crippen LogP contribution in [0.4, 0.5) is 0 Å². The van der Waals surface area contributed by atoms with Gasteiger partial charge in [-0.3, -0.25) is 0 Å². The fraction of sp³-hybridized carbons (Fsp3) is 0.385. The van der Waals surface area contributed by atoms with Crippen LogP contribution in [0.25, 0.3) is 0 Å². The molecule has 2 rings (SSSR count). The van der Waals surface area contributed by atoms with Gasteiger partial charge in [-0.1, -0.05) is 71.4 Å². The predicted octanol–water partition coefficient (Wildman–Crippen LogP) is 4.54. The summed E-state index contributed by atoms with van der Waals surface area (Å²) in [6.07, 6.45) is 1.04. The third-order valence-corrected chi connectivity index (χ3v) is 5.36. The molecule has 4 heteroatoms. The van der Waals surface area contributed by atoms with Crippen LogP contribution >= 0.6 is 27.3 Å². The van der Waals surface area contributed by atoms with E-state index in [1.165, 1.54) is 5.56 Å². The Morgan fingerprint density at radius 3 is 2.47 bits per heavy atom. The lowest BCUT2D eigenvalue weighted by atomic mass is 10.0. The standard InChI is InChI=1S/C13H15BrN2S/c1-3-11(14)13-16-15-12(17-13)9(2)10-7-5-4-6-8-10/h4-9,11H,3H2,1-2H3. The van der Waals surface area contributed by atoms with Crippen LogP contribution in [0.1, 0.15) is 46.6 Å². The second kappa shape index (κ2) is 5.74. The Balaban J connectivity index is 2.20. The molecule has 0 amide bonds. The molecule has 2 aromatic rings. The summed E-state index contributed by atoms with van der Waals surface area (Å²) in [5, 5.41) is 10.7. The van der Waals surface area contributed by atoms with Gasteiger partial charge in [0.15, 0.2) is 0 Å². The molecule has 0 aliphatic heterocycles. The van der Waals surface area contributed by atoms with Crippen molar-refractivity contribution in [2.45, 2.75) is 31.0 Å². The molecule has 2 unspecified atom stereocenters. The average Bonchev–Trinajstić information content (AvgIpc) is 2.87. The zero-order valence-corrected chi connectivity index (χ0v) is 12.3. The minimum Gasteiger partial charge on any atom is -0.143 e. The van der Waals surface area contributed by atoms with Crippen molar-refractivity contribution in [3.63, 3.8) is 0 Å². The van der Waals surface area contributed by atoms with Gasteiger partial charge in [0, 0.05) is 5.92 Å². The van der Waals surface area contributed by atoms with E-state index in [0.717, 1.165) is 16.4 Å². The molecule has 17 heavy (non-hydrogen) atoms. The summed E-state index contributed by atoms with van der Waals surface area (Å²) in [6, 6.07) is 10.4. The van der Waals surface area contributed by atoms with Crippen molar-refractivity contribution in [3.8, 4) is 0 Å². The molecule has 2 nitrogen and oxygen atoms in total. The Labute approximate surface area is 114 Å². The maximum Gasteiger partial charge on any atom is 0.131 e. The molecule has 0 bridgehead atoms. The SMILES string of the molecule is CCC(Br)c1nnc(C(C)c2ccccc2)s1. The fourth-order valence-corrected chi connectivity index (χ4v) is 2.96. The lowest BCUT2D eigenvalue weighted by Gasteiger charge is -2.07. The zero-order chi connectivity index (χ0) is 12.3. The molecule has 0 aliphatic rings. The summed E-state index contributed by atoms with van der Waals surface area (Å²) in [4.78, 5) is 0.330. The lowest BCUT2D eigenvalue weighted by Crippen LogP contribution is -1.94. The Kier molecular flexibility index (Phi) is 4.29. The molecular weight excluding hydrogens is 296 g/mol. The van der Waals surface area contributed by atoms with Crippen LogP contribution in [-0.2, 0) is 0 Å². The highest BCUT2D eigenvalue weighted by Gasteiger charge is 2.16. The molecule has 2 atom stereocenters. The molecule has 0 aliphatic carbocycles. The van der Waals surface area contributed by atoms with Crippen LogP contribution < -0.4 is 0 Å². The van der Waals surface area contributed by atoms with E-state index in [1.807, 2.05) is 6.07 Å². The van der Waals surface area contributed by atoms with Gasteiger partial charge in [0.1, 0.15) is 10.0 Å². The highest BCUT2D eigenvalue weighted by molar-refractivity contribution is 9.09. The summed E-state index contributed by atoms with van der Waals surface area (Å²) in [5.74, 6) is 0.319. The molecule has 0 spiro atoms. The van der Waals surface area contributed by atoms with Gasteiger partial charge < -0.3 is 0 Å². The normalized spacial score (nSPS) is 14.5. The summed E-state index contributed by atoms with van der Waals surface area (Å²) < 4.78 is 0. The van der Waals surface area contributed by atoms with Crippen LogP contribution in [0.3, 0.4) is 0 Å². The Morgan fingerprint density at radius 2 is 1.82 bits per heavy atom. The molecule has 1 aromatic heterocycles. The van der Waals surface area contributed by atoms with Gasteiger partial charge in [0.25, 0.3) is 0 Å². The van der Waals surface area contributed by atoms with E-state index < -0.39 is 0 Å². The number of halogens is 1. The number of aromatic nitrogens is 2. The Bertz CT molecular complexity index is 469. The van der Waals surface area contributed by atoms with Gasteiger partial charge in [-0.25, -0.2) is 0 Å². The van der Waals surface area contributed by atoms with E-state index >= 15 is 0 Å². The maximum absolute atomic E-state index is 4.30. The van der Waals surface area contributed by atoms with E-state index in [-0.39, 0.29) is 0 Å². The van der Waals surface area contributed by atoms with Gasteiger partial charge in [0.2, 0.25) is 0 Å². The van der Waals surface area contributed by atoms with E-state index in [2.05, 4.69) is 64.2 Å². The smallest absolute Gasteiger partial charge is 0.131 e. The second-order valence-corrected chi connectivity index (χ2v) is 6.13. The third-order valence-electron chi connectivity index (χ3n) is 2.75. The zero-order valence-electron chi connectivity index (χ0n) is 9.93. The van der Waals surface area contributed by atoms with E-state index in [1.54, 1.807) is 11.3 Å². The van der Waals surface area contributed by atoms with E-state index in [9.17, 15) is 0 Å². The van der Waals surface area contributed by atoms with E-state index in [4.69, 9.17) is 0 Å². The first-order valence-electron chi connectivity index (χ1n) is 5.74. The van der Waals surface area contributed by atoms with Gasteiger partial charge in [0.05, 0.1) is 4.83 Å².